The van der Waals surface area contributed by atoms with Crippen LogP contribution >= 0.6 is 23.1 Å². The molecule has 6 heteroatoms. The Kier molecular flexibility index (Phi) is 6.17. The summed E-state index contributed by atoms with van der Waals surface area (Å²) in [6.45, 7) is 3.38. The second-order valence-electron chi connectivity index (χ2n) is 6.71. The van der Waals surface area contributed by atoms with Gasteiger partial charge in [0.05, 0.1) is 17.6 Å². The molecule has 2 aliphatic rings. The van der Waals surface area contributed by atoms with Crippen LogP contribution < -0.4 is 5.32 Å². The molecule has 1 fully saturated rings. The lowest BCUT2D eigenvalue weighted by atomic mass is 10.2. The number of ether oxygens (including phenoxy) is 1. The maximum Gasteiger partial charge on any atom is 0.287 e. The van der Waals surface area contributed by atoms with Crippen LogP contribution in [0.25, 0.3) is 4.91 Å². The largest absolute Gasteiger partial charge is 0.486 e. The molecule has 27 heavy (non-hydrogen) atoms. The van der Waals surface area contributed by atoms with E-state index in [0.29, 0.717) is 18.9 Å². The van der Waals surface area contributed by atoms with E-state index in [1.807, 2.05) is 30.3 Å². The minimum Gasteiger partial charge on any atom is -0.486 e. The zero-order valence-corrected chi connectivity index (χ0v) is 16.9. The third kappa shape index (κ3) is 4.39. The topological polar surface area (TPSA) is 41.6 Å². The predicted octanol–water partition coefficient (Wildman–Crippen LogP) is 4.13. The van der Waals surface area contributed by atoms with E-state index < -0.39 is 0 Å². The molecule has 1 amide bonds. The molecule has 1 saturated heterocycles. The normalized spacial score (nSPS) is 19.0. The summed E-state index contributed by atoms with van der Waals surface area (Å²) in [4.78, 5) is 17.7. The van der Waals surface area contributed by atoms with Gasteiger partial charge in [0.2, 0.25) is 0 Å². The Hall–Kier alpha value is -1.76. The van der Waals surface area contributed by atoms with Crippen molar-refractivity contribution in [3.63, 3.8) is 0 Å². The first kappa shape index (κ1) is 18.6. The molecule has 0 saturated carbocycles. The number of hydrogen-bond donors (Lipinski definition) is 1. The minimum atomic E-state index is -0.109. The highest BCUT2D eigenvalue weighted by Gasteiger charge is 2.27. The van der Waals surface area contributed by atoms with Gasteiger partial charge in [-0.2, -0.15) is 0 Å². The summed E-state index contributed by atoms with van der Waals surface area (Å²) in [5, 5.41) is 5.26. The van der Waals surface area contributed by atoms with Gasteiger partial charge in [-0.3, -0.25) is 9.69 Å². The van der Waals surface area contributed by atoms with Crippen molar-refractivity contribution in [1.29, 1.82) is 0 Å². The smallest absolute Gasteiger partial charge is 0.287 e. The second kappa shape index (κ2) is 8.95. The average Bonchev–Trinajstić information content (AvgIpc) is 3.43. The number of rotatable bonds is 6. The van der Waals surface area contributed by atoms with Crippen LogP contribution in [-0.2, 0) is 9.53 Å². The highest BCUT2D eigenvalue weighted by atomic mass is 32.2. The molecule has 0 spiro atoms. The number of amides is 1. The Balaban J connectivity index is 1.50. The lowest BCUT2D eigenvalue weighted by molar-refractivity contribution is -0.121. The van der Waals surface area contributed by atoms with E-state index >= 15 is 0 Å². The lowest BCUT2D eigenvalue weighted by Crippen LogP contribution is -2.37. The molecule has 3 heterocycles. The zero-order valence-electron chi connectivity index (χ0n) is 15.2. The molecular formula is C21H24N2O2S2. The summed E-state index contributed by atoms with van der Waals surface area (Å²) in [6.07, 6.45) is 2.47. The minimum absolute atomic E-state index is 0.109. The van der Waals surface area contributed by atoms with Crippen molar-refractivity contribution in [2.24, 2.45) is 0 Å². The molecule has 0 bridgehead atoms. The summed E-state index contributed by atoms with van der Waals surface area (Å²) < 4.78 is 5.79. The van der Waals surface area contributed by atoms with Gasteiger partial charge in [-0.1, -0.05) is 36.4 Å². The summed E-state index contributed by atoms with van der Waals surface area (Å²) in [5.74, 6) is 1.22. The SMILES string of the molecule is O=C(NC[C@H](c1cccs1)N1CCCC1)C1=C(c2ccccc2)SCCO1. The van der Waals surface area contributed by atoms with Gasteiger partial charge in [-0.05, 0) is 42.9 Å². The number of hydrogen-bond acceptors (Lipinski definition) is 5. The van der Waals surface area contributed by atoms with Crippen LogP contribution in [0.4, 0.5) is 0 Å². The van der Waals surface area contributed by atoms with Crippen LogP contribution in [0.2, 0.25) is 0 Å². The van der Waals surface area contributed by atoms with Gasteiger partial charge in [0, 0.05) is 17.2 Å². The first-order valence-corrected chi connectivity index (χ1v) is 11.3. The van der Waals surface area contributed by atoms with Crippen molar-refractivity contribution < 1.29 is 9.53 Å². The number of benzene rings is 1. The number of carbonyl (C=O) groups is 1. The van der Waals surface area contributed by atoms with Crippen molar-refractivity contribution >= 4 is 33.9 Å². The fraction of sp³-hybridized carbons (Fsp3) is 0.381. The van der Waals surface area contributed by atoms with E-state index in [2.05, 4.69) is 27.7 Å². The van der Waals surface area contributed by atoms with Gasteiger partial charge >= 0.3 is 0 Å². The standard InChI is InChI=1S/C21H24N2O2S2/c24-21(19-20(27-14-12-25-19)16-7-2-1-3-8-16)22-15-17(18-9-6-13-26-18)23-10-4-5-11-23/h1-3,6-9,13,17H,4-5,10-12,14-15H2,(H,22,24)/t17-/m1/s1. The summed E-state index contributed by atoms with van der Waals surface area (Å²) in [5.41, 5.74) is 1.04. The number of carbonyl (C=O) groups excluding carboxylic acids is 1. The van der Waals surface area contributed by atoms with E-state index in [1.165, 1.54) is 17.7 Å². The van der Waals surface area contributed by atoms with Crippen LogP contribution in [0.1, 0.15) is 29.3 Å². The quantitative estimate of drug-likeness (QED) is 0.792. The van der Waals surface area contributed by atoms with Crippen LogP contribution in [-0.4, -0.2) is 42.8 Å². The number of thioether (sulfide) groups is 1. The van der Waals surface area contributed by atoms with Crippen molar-refractivity contribution in [2.45, 2.75) is 18.9 Å². The van der Waals surface area contributed by atoms with Crippen LogP contribution in [0, 0.1) is 0 Å². The molecule has 0 unspecified atom stereocenters. The Bertz CT molecular complexity index is 784. The van der Waals surface area contributed by atoms with Gasteiger partial charge in [0.25, 0.3) is 5.91 Å². The molecule has 2 aromatic rings. The summed E-state index contributed by atoms with van der Waals surface area (Å²) in [6, 6.07) is 14.5. The van der Waals surface area contributed by atoms with E-state index in [-0.39, 0.29) is 11.9 Å². The molecule has 2 aliphatic heterocycles. The zero-order chi connectivity index (χ0) is 18.5. The first-order chi connectivity index (χ1) is 13.3. The van der Waals surface area contributed by atoms with Gasteiger partial charge < -0.3 is 10.1 Å². The third-order valence-electron chi connectivity index (χ3n) is 4.93. The van der Waals surface area contributed by atoms with Crippen molar-refractivity contribution in [2.75, 3.05) is 32.0 Å². The number of nitrogens with zero attached hydrogens (tertiary/aromatic N) is 1. The molecule has 4 nitrogen and oxygen atoms in total. The number of thiophene rings is 1. The fourth-order valence-corrected chi connectivity index (χ4v) is 5.42. The molecule has 142 valence electrons. The van der Waals surface area contributed by atoms with Crippen molar-refractivity contribution in [3.05, 3.63) is 64.0 Å². The third-order valence-corrected chi connectivity index (χ3v) is 6.99. The Morgan fingerprint density at radius 2 is 1.96 bits per heavy atom. The molecule has 4 rings (SSSR count). The van der Waals surface area contributed by atoms with Crippen molar-refractivity contribution in [3.8, 4) is 0 Å². The molecule has 0 radical (unpaired) electrons. The van der Waals surface area contributed by atoms with Crippen molar-refractivity contribution in [1.82, 2.24) is 10.2 Å². The van der Waals surface area contributed by atoms with E-state index in [0.717, 1.165) is 29.3 Å². The van der Waals surface area contributed by atoms with E-state index in [1.54, 1.807) is 23.1 Å². The summed E-state index contributed by atoms with van der Waals surface area (Å²) >= 11 is 3.46. The first-order valence-electron chi connectivity index (χ1n) is 9.44. The predicted molar refractivity (Wildman–Crippen MR) is 113 cm³/mol. The molecule has 1 aromatic heterocycles. The van der Waals surface area contributed by atoms with Gasteiger partial charge in [-0.25, -0.2) is 0 Å². The van der Waals surface area contributed by atoms with Crippen LogP contribution in [0.5, 0.6) is 0 Å². The maximum atomic E-state index is 12.9. The Morgan fingerprint density at radius 1 is 1.15 bits per heavy atom. The molecule has 0 aliphatic carbocycles. The highest BCUT2D eigenvalue weighted by Crippen LogP contribution is 2.35. The molecular weight excluding hydrogens is 376 g/mol. The van der Waals surface area contributed by atoms with Gasteiger partial charge in [0.15, 0.2) is 5.76 Å². The van der Waals surface area contributed by atoms with Gasteiger partial charge in [-0.15, -0.1) is 23.1 Å². The van der Waals surface area contributed by atoms with Crippen LogP contribution in [0.3, 0.4) is 0 Å². The Labute approximate surface area is 168 Å². The summed E-state index contributed by atoms with van der Waals surface area (Å²) in [7, 11) is 0. The monoisotopic (exact) mass is 400 g/mol. The molecule has 1 atom stereocenters. The van der Waals surface area contributed by atoms with Crippen LogP contribution in [0.15, 0.2) is 53.6 Å². The Morgan fingerprint density at radius 3 is 2.70 bits per heavy atom. The van der Waals surface area contributed by atoms with Gasteiger partial charge in [0.1, 0.15) is 0 Å². The lowest BCUT2D eigenvalue weighted by Gasteiger charge is -2.27. The molecule has 1 N–H and O–H groups in total. The average molecular weight is 401 g/mol. The second-order valence-corrected chi connectivity index (χ2v) is 8.79. The number of likely N-dealkylation sites (tertiary alicyclic amines) is 1. The maximum absolute atomic E-state index is 12.9. The molecule has 1 aromatic carbocycles. The highest BCUT2D eigenvalue weighted by molar-refractivity contribution is 8.08. The fourth-order valence-electron chi connectivity index (χ4n) is 3.60. The van der Waals surface area contributed by atoms with E-state index in [4.69, 9.17) is 4.74 Å². The van der Waals surface area contributed by atoms with E-state index in [9.17, 15) is 4.79 Å². The number of nitrogens with one attached hydrogen (secondary N) is 1.